The minimum absolute atomic E-state index is 0.328. The first-order valence-corrected chi connectivity index (χ1v) is 5.84. The maximum Gasteiger partial charge on any atom is 0.0431 e. The van der Waals surface area contributed by atoms with E-state index in [0.717, 1.165) is 19.3 Å². The first kappa shape index (κ1) is 10.2. The largest absolute Gasteiger partial charge is 0.396 e. The van der Waals surface area contributed by atoms with Gasteiger partial charge in [0.15, 0.2) is 0 Å². The molecule has 3 heteroatoms. The quantitative estimate of drug-likeness (QED) is 0.794. The van der Waals surface area contributed by atoms with Crippen molar-refractivity contribution in [2.45, 2.75) is 25.7 Å². The van der Waals surface area contributed by atoms with Crippen molar-refractivity contribution in [1.29, 1.82) is 0 Å². The van der Waals surface area contributed by atoms with Gasteiger partial charge in [-0.25, -0.2) is 0 Å². The van der Waals surface area contributed by atoms with Gasteiger partial charge < -0.3 is 5.11 Å². The third kappa shape index (κ3) is 3.70. The van der Waals surface area contributed by atoms with Gasteiger partial charge in [-0.1, -0.05) is 6.42 Å². The summed E-state index contributed by atoms with van der Waals surface area (Å²) in [6.07, 6.45) is 4.41. The van der Waals surface area contributed by atoms with E-state index < -0.39 is 0 Å². The fourth-order valence-electron chi connectivity index (χ4n) is 1.07. The van der Waals surface area contributed by atoms with Crippen LogP contribution in [0.15, 0.2) is 15.9 Å². The Morgan fingerprint density at radius 3 is 2.75 bits per heavy atom. The molecule has 0 fully saturated rings. The molecular formula is C9H13BrOS. The van der Waals surface area contributed by atoms with Crippen LogP contribution in [0.2, 0.25) is 0 Å². The minimum Gasteiger partial charge on any atom is -0.396 e. The Kier molecular flexibility index (Phi) is 4.88. The first-order chi connectivity index (χ1) is 5.83. The number of thiophene rings is 1. The number of halogens is 1. The molecule has 1 aromatic rings. The Morgan fingerprint density at radius 1 is 1.33 bits per heavy atom. The number of aliphatic hydroxyl groups is 1. The maximum absolute atomic E-state index is 8.56. The highest BCUT2D eigenvalue weighted by atomic mass is 79.9. The van der Waals surface area contributed by atoms with Crippen LogP contribution >= 0.6 is 27.3 Å². The molecular weight excluding hydrogens is 236 g/mol. The number of aliphatic hydroxyl groups excluding tert-OH is 1. The van der Waals surface area contributed by atoms with Crippen molar-refractivity contribution in [2.24, 2.45) is 0 Å². The maximum atomic E-state index is 8.56. The van der Waals surface area contributed by atoms with E-state index in [4.69, 9.17) is 5.11 Å². The third-order valence-corrected chi connectivity index (χ3v) is 3.46. The van der Waals surface area contributed by atoms with Gasteiger partial charge in [-0.3, -0.25) is 0 Å². The van der Waals surface area contributed by atoms with Crippen LogP contribution in [0.5, 0.6) is 0 Å². The highest BCUT2D eigenvalue weighted by Crippen LogP contribution is 2.21. The number of unbranched alkanes of at least 4 members (excludes halogenated alkanes) is 2. The Balaban J connectivity index is 2.15. The van der Waals surface area contributed by atoms with Crippen LogP contribution in [0.4, 0.5) is 0 Å². The Hall–Kier alpha value is 0.140. The molecule has 0 spiro atoms. The van der Waals surface area contributed by atoms with Crippen LogP contribution in [0.25, 0.3) is 0 Å². The van der Waals surface area contributed by atoms with E-state index in [-0.39, 0.29) is 0 Å². The third-order valence-electron chi connectivity index (χ3n) is 1.70. The van der Waals surface area contributed by atoms with Crippen LogP contribution in [-0.4, -0.2) is 11.7 Å². The second kappa shape index (κ2) is 5.73. The van der Waals surface area contributed by atoms with E-state index >= 15 is 0 Å². The van der Waals surface area contributed by atoms with Crippen LogP contribution in [0, 0.1) is 0 Å². The Labute approximate surface area is 85.6 Å². The first-order valence-electron chi connectivity index (χ1n) is 4.16. The molecule has 0 atom stereocenters. The molecule has 0 amide bonds. The smallest absolute Gasteiger partial charge is 0.0431 e. The fraction of sp³-hybridized carbons (Fsp3) is 0.556. The standard InChI is InChI=1S/C9H13BrOS/c10-8-6-9(12-7-8)4-2-1-3-5-11/h6-7,11H,1-5H2. The topological polar surface area (TPSA) is 20.2 Å². The fourth-order valence-corrected chi connectivity index (χ4v) is 2.57. The van der Waals surface area contributed by atoms with E-state index in [0.29, 0.717) is 6.61 Å². The lowest BCUT2D eigenvalue weighted by Crippen LogP contribution is -1.85. The SMILES string of the molecule is OCCCCCc1cc(Br)cs1. The Bertz CT molecular complexity index is 222. The monoisotopic (exact) mass is 248 g/mol. The van der Waals surface area contributed by atoms with Crippen LogP contribution in [-0.2, 0) is 6.42 Å². The van der Waals surface area contributed by atoms with Gasteiger partial charge in [0.2, 0.25) is 0 Å². The average Bonchev–Trinajstić information content (AvgIpc) is 2.45. The molecule has 1 N–H and O–H groups in total. The van der Waals surface area contributed by atoms with E-state index in [1.165, 1.54) is 15.8 Å². The highest BCUT2D eigenvalue weighted by Gasteiger charge is 1.96. The van der Waals surface area contributed by atoms with Gasteiger partial charge in [0.1, 0.15) is 0 Å². The summed E-state index contributed by atoms with van der Waals surface area (Å²) in [6.45, 7) is 0.328. The van der Waals surface area contributed by atoms with Crippen LogP contribution in [0.3, 0.4) is 0 Å². The molecule has 0 aromatic carbocycles. The summed E-state index contributed by atoms with van der Waals surface area (Å²) in [5, 5.41) is 10.7. The predicted molar refractivity (Wildman–Crippen MR) is 56.7 cm³/mol. The van der Waals surface area contributed by atoms with Crippen molar-refractivity contribution in [3.8, 4) is 0 Å². The minimum atomic E-state index is 0.328. The Morgan fingerprint density at radius 2 is 2.17 bits per heavy atom. The summed E-state index contributed by atoms with van der Waals surface area (Å²) in [5.74, 6) is 0. The average molecular weight is 249 g/mol. The molecule has 1 rings (SSSR count). The molecule has 1 nitrogen and oxygen atoms in total. The van der Waals surface area contributed by atoms with E-state index in [1.54, 1.807) is 11.3 Å². The van der Waals surface area contributed by atoms with E-state index in [2.05, 4.69) is 27.4 Å². The van der Waals surface area contributed by atoms with Gasteiger partial charge in [0, 0.05) is 21.3 Å². The summed E-state index contributed by atoms with van der Waals surface area (Å²) in [7, 11) is 0. The van der Waals surface area contributed by atoms with Crippen molar-refractivity contribution >= 4 is 27.3 Å². The zero-order valence-corrected chi connectivity index (χ0v) is 9.33. The molecule has 0 aliphatic heterocycles. The van der Waals surface area contributed by atoms with Gasteiger partial charge in [-0.05, 0) is 41.3 Å². The van der Waals surface area contributed by atoms with Crippen molar-refractivity contribution in [3.05, 3.63) is 20.8 Å². The second-order valence-electron chi connectivity index (χ2n) is 2.77. The predicted octanol–water partition coefficient (Wildman–Crippen LogP) is 3.22. The number of hydrogen-bond donors (Lipinski definition) is 1. The van der Waals surface area contributed by atoms with Crippen LogP contribution in [0.1, 0.15) is 24.1 Å². The summed E-state index contributed by atoms with van der Waals surface area (Å²) >= 11 is 5.22. The molecule has 0 saturated heterocycles. The zero-order valence-electron chi connectivity index (χ0n) is 6.92. The summed E-state index contributed by atoms with van der Waals surface area (Å²) in [6, 6.07) is 2.17. The van der Waals surface area contributed by atoms with Gasteiger partial charge in [-0.15, -0.1) is 11.3 Å². The molecule has 0 aliphatic carbocycles. The molecule has 12 heavy (non-hydrogen) atoms. The molecule has 0 saturated carbocycles. The van der Waals surface area contributed by atoms with Crippen molar-refractivity contribution in [1.82, 2.24) is 0 Å². The van der Waals surface area contributed by atoms with Gasteiger partial charge in [0.25, 0.3) is 0 Å². The normalized spacial score (nSPS) is 10.5. The molecule has 0 bridgehead atoms. The molecule has 0 radical (unpaired) electrons. The van der Waals surface area contributed by atoms with Gasteiger partial charge in [0.05, 0.1) is 0 Å². The molecule has 0 aliphatic rings. The van der Waals surface area contributed by atoms with E-state index in [9.17, 15) is 0 Å². The molecule has 1 heterocycles. The van der Waals surface area contributed by atoms with Crippen LogP contribution < -0.4 is 0 Å². The number of aryl methyl sites for hydroxylation is 1. The van der Waals surface area contributed by atoms with E-state index in [1.807, 2.05) is 0 Å². The lowest BCUT2D eigenvalue weighted by atomic mass is 10.2. The van der Waals surface area contributed by atoms with Crippen molar-refractivity contribution < 1.29 is 5.11 Å². The number of rotatable bonds is 5. The summed E-state index contributed by atoms with van der Waals surface area (Å²) in [4.78, 5) is 1.43. The van der Waals surface area contributed by atoms with Crippen molar-refractivity contribution in [2.75, 3.05) is 6.61 Å². The summed E-state index contributed by atoms with van der Waals surface area (Å²) in [5.41, 5.74) is 0. The highest BCUT2D eigenvalue weighted by molar-refractivity contribution is 9.10. The number of hydrogen-bond acceptors (Lipinski definition) is 2. The lowest BCUT2D eigenvalue weighted by molar-refractivity contribution is 0.283. The lowest BCUT2D eigenvalue weighted by Gasteiger charge is -1.95. The van der Waals surface area contributed by atoms with Gasteiger partial charge in [-0.2, -0.15) is 0 Å². The van der Waals surface area contributed by atoms with Gasteiger partial charge >= 0.3 is 0 Å². The van der Waals surface area contributed by atoms with Crippen molar-refractivity contribution in [3.63, 3.8) is 0 Å². The summed E-state index contributed by atoms with van der Waals surface area (Å²) < 4.78 is 1.18. The molecule has 1 aromatic heterocycles. The molecule has 0 unspecified atom stereocenters. The zero-order chi connectivity index (χ0) is 8.81. The molecule has 68 valence electrons. The second-order valence-corrected chi connectivity index (χ2v) is 4.68.